The second-order valence-electron chi connectivity index (χ2n) is 5.24. The van der Waals surface area contributed by atoms with E-state index in [0.29, 0.717) is 11.3 Å². The number of hydrogen-bond acceptors (Lipinski definition) is 2. The van der Waals surface area contributed by atoms with Gasteiger partial charge in [-0.3, -0.25) is 9.36 Å². The largest absolute Gasteiger partial charge is 0.329 e. The van der Waals surface area contributed by atoms with Crippen LogP contribution >= 0.6 is 7.60 Å². The van der Waals surface area contributed by atoms with Crippen molar-refractivity contribution in [3.63, 3.8) is 0 Å². The maximum absolute atomic E-state index is 12.3. The molecule has 0 unspecified atom stereocenters. The number of amides is 1. The molecule has 0 aliphatic carbocycles. The molecular weight excluding hydrogens is 289 g/mol. The molecule has 0 radical (unpaired) electrons. The Bertz CT molecular complexity index is 506. The van der Waals surface area contributed by atoms with Crippen LogP contribution in [0.5, 0.6) is 0 Å². The lowest BCUT2D eigenvalue weighted by Crippen LogP contribution is -2.23. The van der Waals surface area contributed by atoms with Gasteiger partial charge in [0, 0.05) is 11.6 Å². The van der Waals surface area contributed by atoms with Crippen LogP contribution in [0.4, 0.5) is 5.69 Å². The van der Waals surface area contributed by atoms with Gasteiger partial charge in [0.15, 0.2) is 0 Å². The van der Waals surface area contributed by atoms with Gasteiger partial charge in [-0.15, -0.1) is 0 Å². The lowest BCUT2D eigenvalue weighted by Gasteiger charge is -2.17. The maximum atomic E-state index is 12.3. The first-order valence-corrected chi connectivity index (χ1v) is 9.10. The van der Waals surface area contributed by atoms with Gasteiger partial charge in [-0.25, -0.2) is 0 Å². The molecule has 0 atom stereocenters. The summed E-state index contributed by atoms with van der Waals surface area (Å²) >= 11 is 0. The van der Waals surface area contributed by atoms with E-state index in [-0.39, 0.29) is 18.0 Å². The van der Waals surface area contributed by atoms with Gasteiger partial charge in [0.2, 0.25) is 5.91 Å². The average molecular weight is 313 g/mol. The topological polar surface area (TPSA) is 86.6 Å². The van der Waals surface area contributed by atoms with Crippen LogP contribution in [0.1, 0.15) is 45.1 Å². The molecule has 1 aromatic rings. The van der Waals surface area contributed by atoms with E-state index in [0.717, 1.165) is 25.7 Å². The molecule has 21 heavy (non-hydrogen) atoms. The first-order valence-electron chi connectivity index (χ1n) is 7.30. The fourth-order valence-corrected chi connectivity index (χ4v) is 3.06. The molecule has 0 fully saturated rings. The third kappa shape index (κ3) is 6.42. The Morgan fingerprint density at radius 3 is 2.29 bits per heavy atom. The zero-order valence-corrected chi connectivity index (χ0v) is 13.5. The molecule has 0 saturated carbocycles. The maximum Gasteiger partial charge on any atom is 0.329 e. The molecular formula is C15H24NO4P. The summed E-state index contributed by atoms with van der Waals surface area (Å²) in [5.41, 5.74) is 0.953. The minimum atomic E-state index is -4.16. The van der Waals surface area contributed by atoms with Crippen LogP contribution in [-0.4, -0.2) is 15.7 Å². The summed E-state index contributed by atoms with van der Waals surface area (Å²) in [5, 5.41) is 2.82. The van der Waals surface area contributed by atoms with Crippen LogP contribution in [0.25, 0.3) is 0 Å². The number of para-hydroxylation sites is 1. The van der Waals surface area contributed by atoms with E-state index in [2.05, 4.69) is 5.32 Å². The van der Waals surface area contributed by atoms with E-state index in [1.807, 2.05) is 13.8 Å². The van der Waals surface area contributed by atoms with E-state index < -0.39 is 7.60 Å². The Morgan fingerprint density at radius 2 is 1.76 bits per heavy atom. The van der Waals surface area contributed by atoms with E-state index >= 15 is 0 Å². The Labute approximate surface area is 125 Å². The molecule has 3 N–H and O–H groups in total. The van der Waals surface area contributed by atoms with Gasteiger partial charge in [-0.2, -0.15) is 0 Å². The van der Waals surface area contributed by atoms with Gasteiger partial charge < -0.3 is 15.1 Å². The third-order valence-electron chi connectivity index (χ3n) is 3.30. The van der Waals surface area contributed by atoms with Crippen molar-refractivity contribution < 1.29 is 19.1 Å². The van der Waals surface area contributed by atoms with Crippen LogP contribution in [0.15, 0.2) is 24.3 Å². The third-order valence-corrected chi connectivity index (χ3v) is 4.05. The molecule has 0 aromatic heterocycles. The molecule has 0 aliphatic rings. The van der Waals surface area contributed by atoms with E-state index in [1.165, 1.54) is 0 Å². The Hall–Kier alpha value is -1.16. The molecule has 6 heteroatoms. The number of anilines is 1. The summed E-state index contributed by atoms with van der Waals surface area (Å²) in [6.45, 7) is 4.08. The minimum absolute atomic E-state index is 0.0527. The van der Waals surface area contributed by atoms with Crippen molar-refractivity contribution in [2.45, 2.75) is 45.7 Å². The van der Waals surface area contributed by atoms with Crippen molar-refractivity contribution in [3.8, 4) is 0 Å². The lowest BCUT2D eigenvalue weighted by molar-refractivity contribution is -0.120. The highest BCUT2D eigenvalue weighted by molar-refractivity contribution is 7.50. The Morgan fingerprint density at radius 1 is 1.19 bits per heavy atom. The number of benzene rings is 1. The van der Waals surface area contributed by atoms with Gasteiger partial charge in [0.1, 0.15) is 0 Å². The zero-order valence-electron chi connectivity index (χ0n) is 12.6. The van der Waals surface area contributed by atoms with Gasteiger partial charge in [0.25, 0.3) is 0 Å². The first-order chi connectivity index (χ1) is 9.87. The van der Waals surface area contributed by atoms with Gasteiger partial charge >= 0.3 is 7.60 Å². The highest BCUT2D eigenvalue weighted by Crippen LogP contribution is 2.41. The highest BCUT2D eigenvalue weighted by Gasteiger charge is 2.20. The molecule has 1 aromatic carbocycles. The van der Waals surface area contributed by atoms with Gasteiger partial charge in [-0.1, -0.05) is 44.9 Å². The molecule has 1 amide bonds. The molecule has 0 heterocycles. The van der Waals surface area contributed by atoms with Crippen LogP contribution in [0, 0.1) is 5.92 Å². The van der Waals surface area contributed by atoms with E-state index in [1.54, 1.807) is 24.3 Å². The Kier molecular flexibility index (Phi) is 7.09. The predicted molar refractivity (Wildman–Crippen MR) is 84.1 cm³/mol. The minimum Gasteiger partial charge on any atom is -0.326 e. The summed E-state index contributed by atoms with van der Waals surface area (Å²) in [5.74, 6) is -0.125. The molecule has 0 spiro atoms. The smallest absolute Gasteiger partial charge is 0.326 e. The zero-order chi connectivity index (χ0) is 15.9. The van der Waals surface area contributed by atoms with Gasteiger partial charge in [0.05, 0.1) is 6.16 Å². The molecule has 0 saturated heterocycles. The number of carbonyl (C=O) groups excluding carboxylic acids is 1. The number of rotatable bonds is 8. The summed E-state index contributed by atoms with van der Waals surface area (Å²) in [6.07, 6.45) is 3.14. The molecule has 1 rings (SSSR count). The summed E-state index contributed by atoms with van der Waals surface area (Å²) in [6, 6.07) is 6.75. The summed E-state index contributed by atoms with van der Waals surface area (Å²) in [7, 11) is -4.16. The summed E-state index contributed by atoms with van der Waals surface area (Å²) in [4.78, 5) is 30.5. The van der Waals surface area contributed by atoms with Crippen molar-refractivity contribution in [3.05, 3.63) is 29.8 Å². The van der Waals surface area contributed by atoms with Crippen LogP contribution < -0.4 is 5.32 Å². The number of hydrogen-bond donors (Lipinski definition) is 3. The monoisotopic (exact) mass is 313 g/mol. The van der Waals surface area contributed by atoms with Crippen molar-refractivity contribution in [2.24, 2.45) is 5.92 Å². The number of nitrogens with one attached hydrogen (secondary N) is 1. The first kappa shape index (κ1) is 17.9. The number of carbonyl (C=O) groups is 1. The Balaban J connectivity index is 2.86. The van der Waals surface area contributed by atoms with Crippen LogP contribution in [0.3, 0.4) is 0 Å². The standard InChI is InChI=1S/C15H24NO4P/c1-3-7-12(8-4-2)15(17)16-14-10-6-5-9-13(14)11-21(18,19)20/h5-6,9-10,12H,3-4,7-8,11H2,1-2H3,(H,16,17)(H2,18,19,20). The van der Waals surface area contributed by atoms with E-state index in [4.69, 9.17) is 9.79 Å². The lowest BCUT2D eigenvalue weighted by atomic mass is 9.97. The fourth-order valence-electron chi connectivity index (χ4n) is 2.34. The van der Waals surface area contributed by atoms with Crippen molar-refractivity contribution in [2.75, 3.05) is 5.32 Å². The second-order valence-corrected chi connectivity index (χ2v) is 6.89. The molecule has 118 valence electrons. The van der Waals surface area contributed by atoms with Crippen molar-refractivity contribution in [1.29, 1.82) is 0 Å². The summed E-state index contributed by atoms with van der Waals surface area (Å²) < 4.78 is 11.2. The van der Waals surface area contributed by atoms with Crippen LogP contribution in [-0.2, 0) is 15.5 Å². The van der Waals surface area contributed by atoms with Crippen molar-refractivity contribution in [1.82, 2.24) is 0 Å². The quantitative estimate of drug-likeness (QED) is 0.641. The second kappa shape index (κ2) is 8.32. The molecule has 5 nitrogen and oxygen atoms in total. The SMILES string of the molecule is CCCC(CCC)C(=O)Nc1ccccc1CP(=O)(O)O. The molecule has 0 bridgehead atoms. The predicted octanol–water partition coefficient (Wildman–Crippen LogP) is 3.52. The molecule has 0 aliphatic heterocycles. The normalized spacial score (nSPS) is 11.7. The average Bonchev–Trinajstić information content (AvgIpc) is 2.39. The highest BCUT2D eigenvalue weighted by atomic mass is 31.2. The van der Waals surface area contributed by atoms with Crippen molar-refractivity contribution >= 4 is 19.2 Å². The fraction of sp³-hybridized carbons (Fsp3) is 0.533. The van der Waals surface area contributed by atoms with Crippen LogP contribution in [0.2, 0.25) is 0 Å². The van der Waals surface area contributed by atoms with Gasteiger partial charge in [-0.05, 0) is 24.5 Å². The van der Waals surface area contributed by atoms with E-state index in [9.17, 15) is 9.36 Å².